The van der Waals surface area contributed by atoms with E-state index in [-0.39, 0.29) is 11.0 Å². The molecule has 5 heteroatoms. The molecular formula is C16H19N3OS. The normalized spacial score (nSPS) is 19.3. The van der Waals surface area contributed by atoms with Gasteiger partial charge in [-0.3, -0.25) is 4.79 Å². The fraction of sp³-hybridized carbons (Fsp3) is 0.500. The lowest BCUT2D eigenvalue weighted by Gasteiger charge is -2.19. The highest BCUT2D eigenvalue weighted by Gasteiger charge is 2.49. The van der Waals surface area contributed by atoms with Crippen LogP contribution in [0.3, 0.4) is 0 Å². The first-order valence-corrected chi connectivity index (χ1v) is 8.52. The Balaban J connectivity index is 1.79. The zero-order chi connectivity index (χ0) is 14.4. The predicted molar refractivity (Wildman–Crippen MR) is 84.0 cm³/mol. The number of rotatable bonds is 3. The maximum atomic E-state index is 12.3. The Hall–Kier alpha value is -1.46. The van der Waals surface area contributed by atoms with Crippen molar-refractivity contribution in [3.63, 3.8) is 0 Å². The van der Waals surface area contributed by atoms with Gasteiger partial charge < -0.3 is 10.3 Å². The molecule has 4 nitrogen and oxygen atoms in total. The predicted octanol–water partition coefficient (Wildman–Crippen LogP) is 2.12. The summed E-state index contributed by atoms with van der Waals surface area (Å²) in [4.78, 5) is 21.6. The first kappa shape index (κ1) is 13.2. The summed E-state index contributed by atoms with van der Waals surface area (Å²) in [5.41, 5.74) is 3.22. The molecule has 2 aliphatic rings. The number of nitrogens with zero attached hydrogens (tertiary/aromatic N) is 1. The van der Waals surface area contributed by atoms with E-state index in [0.717, 1.165) is 49.3 Å². The molecule has 21 heavy (non-hydrogen) atoms. The van der Waals surface area contributed by atoms with E-state index in [2.05, 4.69) is 28.7 Å². The van der Waals surface area contributed by atoms with Gasteiger partial charge in [-0.1, -0.05) is 6.92 Å². The van der Waals surface area contributed by atoms with Crippen molar-refractivity contribution in [2.24, 2.45) is 0 Å². The number of aromatic amines is 1. The molecule has 0 atom stereocenters. The summed E-state index contributed by atoms with van der Waals surface area (Å²) < 4.78 is 0. The summed E-state index contributed by atoms with van der Waals surface area (Å²) in [7, 11) is 0. The molecule has 3 heterocycles. The average Bonchev–Trinajstić information content (AvgIpc) is 3.18. The molecule has 1 fully saturated rings. The van der Waals surface area contributed by atoms with Crippen LogP contribution in [0, 0.1) is 0 Å². The molecule has 110 valence electrons. The molecule has 2 N–H and O–H groups in total. The maximum Gasteiger partial charge on any atom is 0.255 e. The van der Waals surface area contributed by atoms with Crippen LogP contribution in [0.2, 0.25) is 0 Å². The smallest absolute Gasteiger partial charge is 0.255 e. The Kier molecular flexibility index (Phi) is 3.01. The molecule has 4 rings (SSSR count). The second kappa shape index (κ2) is 4.78. The molecular weight excluding hydrogens is 282 g/mol. The van der Waals surface area contributed by atoms with Crippen LogP contribution in [0.15, 0.2) is 16.2 Å². The van der Waals surface area contributed by atoms with E-state index in [4.69, 9.17) is 4.98 Å². The van der Waals surface area contributed by atoms with Gasteiger partial charge in [0.25, 0.3) is 5.56 Å². The van der Waals surface area contributed by atoms with Crippen molar-refractivity contribution >= 4 is 11.3 Å². The Bertz CT molecular complexity index is 742. The molecule has 0 amide bonds. The third-order valence-electron chi connectivity index (χ3n) is 4.68. The summed E-state index contributed by atoms with van der Waals surface area (Å²) in [6.45, 7) is 3.73. The van der Waals surface area contributed by atoms with Crippen LogP contribution < -0.4 is 10.9 Å². The molecule has 0 saturated heterocycles. The van der Waals surface area contributed by atoms with Gasteiger partial charge in [0.1, 0.15) is 5.82 Å². The fourth-order valence-corrected chi connectivity index (χ4v) is 4.38. The quantitative estimate of drug-likeness (QED) is 0.913. The summed E-state index contributed by atoms with van der Waals surface area (Å²) >= 11 is 1.81. The highest BCUT2D eigenvalue weighted by atomic mass is 32.1. The van der Waals surface area contributed by atoms with E-state index in [9.17, 15) is 4.79 Å². The highest BCUT2D eigenvalue weighted by molar-refractivity contribution is 7.10. The largest absolute Gasteiger partial charge is 0.312 e. The van der Waals surface area contributed by atoms with Gasteiger partial charge in [-0.25, -0.2) is 4.98 Å². The van der Waals surface area contributed by atoms with E-state index in [0.29, 0.717) is 6.54 Å². The summed E-state index contributed by atoms with van der Waals surface area (Å²) in [6, 6.07) is 2.29. The van der Waals surface area contributed by atoms with Crippen LogP contribution in [-0.4, -0.2) is 16.5 Å². The van der Waals surface area contributed by atoms with Gasteiger partial charge in [0, 0.05) is 24.4 Å². The van der Waals surface area contributed by atoms with Crippen LogP contribution >= 0.6 is 11.3 Å². The van der Waals surface area contributed by atoms with Gasteiger partial charge in [-0.15, -0.1) is 11.3 Å². The van der Waals surface area contributed by atoms with Crippen molar-refractivity contribution in [1.82, 2.24) is 15.3 Å². The van der Waals surface area contributed by atoms with E-state index in [1.807, 2.05) is 11.3 Å². The third kappa shape index (κ3) is 2.07. The molecule has 0 bridgehead atoms. The maximum absolute atomic E-state index is 12.3. The van der Waals surface area contributed by atoms with Crippen LogP contribution in [0.1, 0.15) is 47.3 Å². The molecule has 1 aliphatic heterocycles. The standard InChI is InChI=1S/C16H19N3OS/c1-2-10-7-13(21-9-10)16(4-5-16)15-18-12-3-6-17-8-11(12)14(20)19-15/h7,9,17H,2-6,8H2,1H3,(H,18,19,20). The Morgan fingerprint density at radius 3 is 3.00 bits per heavy atom. The van der Waals surface area contributed by atoms with Gasteiger partial charge in [-0.05, 0) is 36.3 Å². The number of aryl methyl sites for hydroxylation is 1. The van der Waals surface area contributed by atoms with Gasteiger partial charge in [0.15, 0.2) is 0 Å². The zero-order valence-corrected chi connectivity index (χ0v) is 13.0. The van der Waals surface area contributed by atoms with Crippen LogP contribution in [-0.2, 0) is 24.8 Å². The molecule has 2 aromatic rings. The van der Waals surface area contributed by atoms with E-state index >= 15 is 0 Å². The molecule has 0 unspecified atom stereocenters. The summed E-state index contributed by atoms with van der Waals surface area (Å²) in [6.07, 6.45) is 4.10. The summed E-state index contributed by atoms with van der Waals surface area (Å²) in [5.74, 6) is 0.887. The minimum absolute atomic E-state index is 0.0167. The summed E-state index contributed by atoms with van der Waals surface area (Å²) in [5, 5.41) is 5.47. The second-order valence-corrected chi connectivity index (χ2v) is 6.93. The van der Waals surface area contributed by atoms with Crippen molar-refractivity contribution in [2.45, 2.75) is 44.6 Å². The van der Waals surface area contributed by atoms with Crippen molar-refractivity contribution in [1.29, 1.82) is 0 Å². The van der Waals surface area contributed by atoms with Crippen molar-refractivity contribution in [2.75, 3.05) is 6.54 Å². The number of thiophene rings is 1. The van der Waals surface area contributed by atoms with Crippen LogP contribution in [0.5, 0.6) is 0 Å². The van der Waals surface area contributed by atoms with E-state index < -0.39 is 0 Å². The lowest BCUT2D eigenvalue weighted by atomic mass is 10.0. The molecule has 0 spiro atoms. The van der Waals surface area contributed by atoms with Crippen molar-refractivity contribution in [3.8, 4) is 0 Å². The lowest BCUT2D eigenvalue weighted by Crippen LogP contribution is -2.33. The first-order valence-electron chi connectivity index (χ1n) is 7.64. The van der Waals surface area contributed by atoms with Gasteiger partial charge in [0.05, 0.1) is 16.7 Å². The Morgan fingerprint density at radius 2 is 2.29 bits per heavy atom. The van der Waals surface area contributed by atoms with Crippen LogP contribution in [0.4, 0.5) is 0 Å². The highest BCUT2D eigenvalue weighted by Crippen LogP contribution is 2.53. The minimum Gasteiger partial charge on any atom is -0.312 e. The fourth-order valence-electron chi connectivity index (χ4n) is 3.12. The number of hydrogen-bond donors (Lipinski definition) is 2. The van der Waals surface area contributed by atoms with Crippen molar-refractivity contribution in [3.05, 3.63) is 49.3 Å². The molecule has 2 aromatic heterocycles. The number of H-pyrrole nitrogens is 1. The van der Waals surface area contributed by atoms with Crippen molar-refractivity contribution < 1.29 is 0 Å². The zero-order valence-electron chi connectivity index (χ0n) is 12.2. The number of nitrogens with one attached hydrogen (secondary N) is 2. The number of fused-ring (bicyclic) bond motifs is 1. The lowest BCUT2D eigenvalue weighted by molar-refractivity contribution is 0.605. The monoisotopic (exact) mass is 301 g/mol. The van der Waals surface area contributed by atoms with Gasteiger partial charge in [0.2, 0.25) is 0 Å². The van der Waals surface area contributed by atoms with Crippen LogP contribution in [0.25, 0.3) is 0 Å². The van der Waals surface area contributed by atoms with Gasteiger partial charge in [-0.2, -0.15) is 0 Å². The Labute approximate surface area is 127 Å². The third-order valence-corrected chi connectivity index (χ3v) is 5.86. The first-order chi connectivity index (χ1) is 10.2. The molecule has 1 saturated carbocycles. The molecule has 0 aromatic carbocycles. The Morgan fingerprint density at radius 1 is 1.43 bits per heavy atom. The van der Waals surface area contributed by atoms with E-state index in [1.54, 1.807) is 0 Å². The topological polar surface area (TPSA) is 57.8 Å². The second-order valence-electron chi connectivity index (χ2n) is 6.02. The molecule has 1 aliphatic carbocycles. The SMILES string of the molecule is CCc1csc(C2(c3nc4c(c(=O)[nH]3)CNCC4)CC2)c1. The van der Waals surface area contributed by atoms with Gasteiger partial charge >= 0.3 is 0 Å². The van der Waals surface area contributed by atoms with E-state index in [1.165, 1.54) is 10.4 Å². The average molecular weight is 301 g/mol. The minimum atomic E-state index is -0.0167. The molecule has 0 radical (unpaired) electrons. The number of aromatic nitrogens is 2. The number of hydrogen-bond acceptors (Lipinski definition) is 4.